The molecule has 0 aliphatic rings. The van der Waals surface area contributed by atoms with Gasteiger partial charge >= 0.3 is 18.3 Å². The van der Waals surface area contributed by atoms with Crippen LogP contribution in [-0.4, -0.2) is 34.5 Å². The van der Waals surface area contributed by atoms with Crippen LogP contribution in [0.4, 0.5) is 17.6 Å². The van der Waals surface area contributed by atoms with E-state index in [1.807, 2.05) is 30.3 Å². The number of benzene rings is 1. The van der Waals surface area contributed by atoms with Gasteiger partial charge in [0.05, 0.1) is 18.6 Å². The molecule has 0 N–H and O–H groups in total. The number of esters is 1. The molecule has 1 atom stereocenters. The standard InChI is InChI=1S/C15H14F4N2O2/c1-10(11-5-3-2-4-6-11)21-9-20-7-12(21)13(22)23-8-15(18,19)14(16)17/h2-7,9-10,14H,8H2,1H3. The summed E-state index contributed by atoms with van der Waals surface area (Å²) in [7, 11) is 0. The molecule has 1 heterocycles. The lowest BCUT2D eigenvalue weighted by molar-refractivity contribution is -0.155. The van der Waals surface area contributed by atoms with E-state index in [0.717, 1.165) is 11.8 Å². The first-order valence-electron chi connectivity index (χ1n) is 6.73. The van der Waals surface area contributed by atoms with Gasteiger partial charge in [0, 0.05) is 0 Å². The first kappa shape index (κ1) is 17.0. The van der Waals surface area contributed by atoms with Crippen LogP contribution < -0.4 is 0 Å². The van der Waals surface area contributed by atoms with Gasteiger partial charge in [0.25, 0.3) is 0 Å². The average molecular weight is 330 g/mol. The highest BCUT2D eigenvalue weighted by Gasteiger charge is 2.42. The van der Waals surface area contributed by atoms with Crippen molar-refractivity contribution in [2.45, 2.75) is 25.3 Å². The minimum Gasteiger partial charge on any atom is -0.454 e. The fourth-order valence-electron chi connectivity index (χ4n) is 1.96. The van der Waals surface area contributed by atoms with Crippen molar-refractivity contribution in [3.05, 3.63) is 54.1 Å². The molecule has 2 rings (SSSR count). The molecular formula is C15H14F4N2O2. The summed E-state index contributed by atoms with van der Waals surface area (Å²) in [6.45, 7) is 0.0932. The number of hydrogen-bond donors (Lipinski definition) is 0. The molecule has 4 nitrogen and oxygen atoms in total. The predicted molar refractivity (Wildman–Crippen MR) is 73.7 cm³/mol. The minimum absolute atomic E-state index is 0.0913. The normalized spacial score (nSPS) is 13.1. The van der Waals surface area contributed by atoms with E-state index in [1.54, 1.807) is 6.92 Å². The van der Waals surface area contributed by atoms with E-state index in [9.17, 15) is 22.4 Å². The quantitative estimate of drug-likeness (QED) is 0.601. The van der Waals surface area contributed by atoms with E-state index in [0.29, 0.717) is 0 Å². The van der Waals surface area contributed by atoms with Crippen LogP contribution in [0.1, 0.15) is 29.0 Å². The second kappa shape index (κ2) is 6.80. The van der Waals surface area contributed by atoms with Crippen LogP contribution in [0.5, 0.6) is 0 Å². The lowest BCUT2D eigenvalue weighted by Gasteiger charge is -2.18. The Balaban J connectivity index is 2.13. The van der Waals surface area contributed by atoms with E-state index < -0.39 is 24.9 Å². The van der Waals surface area contributed by atoms with Crippen molar-refractivity contribution in [3.8, 4) is 0 Å². The number of hydrogen-bond acceptors (Lipinski definition) is 3. The Morgan fingerprint density at radius 2 is 1.96 bits per heavy atom. The zero-order chi connectivity index (χ0) is 17.0. The second-order valence-electron chi connectivity index (χ2n) is 4.91. The molecule has 8 heteroatoms. The molecule has 0 aliphatic carbocycles. The summed E-state index contributed by atoms with van der Waals surface area (Å²) in [5.74, 6) is -5.52. The molecule has 124 valence electrons. The average Bonchev–Trinajstić information content (AvgIpc) is 3.02. The van der Waals surface area contributed by atoms with E-state index in [-0.39, 0.29) is 11.7 Å². The maximum absolute atomic E-state index is 12.8. The highest BCUT2D eigenvalue weighted by Crippen LogP contribution is 2.24. The molecule has 1 aromatic heterocycles. The number of ether oxygens (including phenoxy) is 1. The van der Waals surface area contributed by atoms with Crippen molar-refractivity contribution in [2.75, 3.05) is 6.61 Å². The number of nitrogens with zero attached hydrogens (tertiary/aromatic N) is 2. The van der Waals surface area contributed by atoms with Gasteiger partial charge in [-0.2, -0.15) is 8.78 Å². The van der Waals surface area contributed by atoms with E-state index in [4.69, 9.17) is 0 Å². The summed E-state index contributed by atoms with van der Waals surface area (Å²) >= 11 is 0. The molecule has 0 fully saturated rings. The van der Waals surface area contributed by atoms with E-state index >= 15 is 0 Å². The molecule has 0 saturated carbocycles. The monoisotopic (exact) mass is 330 g/mol. The lowest BCUT2D eigenvalue weighted by atomic mass is 10.1. The van der Waals surface area contributed by atoms with E-state index in [2.05, 4.69) is 9.72 Å². The SMILES string of the molecule is CC(c1ccccc1)n1cncc1C(=O)OCC(F)(F)C(F)F. The Morgan fingerprint density at radius 3 is 2.57 bits per heavy atom. The van der Waals surface area contributed by atoms with Crippen LogP contribution in [0.3, 0.4) is 0 Å². The first-order valence-corrected chi connectivity index (χ1v) is 6.73. The van der Waals surface area contributed by atoms with Gasteiger partial charge in [-0.15, -0.1) is 0 Å². The van der Waals surface area contributed by atoms with Gasteiger partial charge < -0.3 is 9.30 Å². The van der Waals surface area contributed by atoms with Crippen LogP contribution in [-0.2, 0) is 4.74 Å². The van der Waals surface area contributed by atoms with Crippen molar-refractivity contribution >= 4 is 5.97 Å². The molecule has 23 heavy (non-hydrogen) atoms. The molecule has 2 aromatic rings. The minimum atomic E-state index is -4.38. The number of halogens is 4. The van der Waals surface area contributed by atoms with Crippen LogP contribution in [0.15, 0.2) is 42.9 Å². The zero-order valence-electron chi connectivity index (χ0n) is 12.1. The molecule has 0 aliphatic heterocycles. The molecule has 0 amide bonds. The number of imidazole rings is 1. The summed E-state index contributed by atoms with van der Waals surface area (Å²) in [6.07, 6.45) is -1.41. The Hall–Kier alpha value is -2.38. The highest BCUT2D eigenvalue weighted by molar-refractivity contribution is 5.87. The number of carbonyl (C=O) groups excluding carboxylic acids is 1. The van der Waals surface area contributed by atoms with Gasteiger partial charge in [-0.05, 0) is 12.5 Å². The fourth-order valence-corrected chi connectivity index (χ4v) is 1.96. The van der Waals surface area contributed by atoms with Gasteiger partial charge in [0.1, 0.15) is 5.69 Å². The molecule has 1 aromatic carbocycles. The molecular weight excluding hydrogens is 316 g/mol. The summed E-state index contributed by atoms with van der Waals surface area (Å²) in [4.78, 5) is 15.7. The Bertz CT molecular complexity index is 659. The zero-order valence-corrected chi connectivity index (χ0v) is 12.1. The van der Waals surface area contributed by atoms with Crippen molar-refractivity contribution in [3.63, 3.8) is 0 Å². The van der Waals surface area contributed by atoms with Crippen LogP contribution in [0.2, 0.25) is 0 Å². The van der Waals surface area contributed by atoms with Crippen molar-refractivity contribution in [1.29, 1.82) is 0 Å². The lowest BCUT2D eigenvalue weighted by Crippen LogP contribution is -2.33. The van der Waals surface area contributed by atoms with Gasteiger partial charge in [-0.25, -0.2) is 18.6 Å². The summed E-state index contributed by atoms with van der Waals surface area (Å²) < 4.78 is 55.5. The fraction of sp³-hybridized carbons (Fsp3) is 0.333. The molecule has 0 saturated heterocycles. The van der Waals surface area contributed by atoms with Crippen molar-refractivity contribution < 1.29 is 27.1 Å². The summed E-state index contributed by atoms with van der Waals surface area (Å²) in [6, 6.07) is 8.78. The van der Waals surface area contributed by atoms with Crippen LogP contribution in [0, 0.1) is 0 Å². The van der Waals surface area contributed by atoms with Crippen LogP contribution >= 0.6 is 0 Å². The van der Waals surface area contributed by atoms with Crippen molar-refractivity contribution in [1.82, 2.24) is 9.55 Å². The van der Waals surface area contributed by atoms with Gasteiger partial charge in [-0.1, -0.05) is 30.3 Å². The van der Waals surface area contributed by atoms with Gasteiger partial charge in [0.15, 0.2) is 6.61 Å². The predicted octanol–water partition coefficient (Wildman–Crippen LogP) is 3.55. The summed E-state index contributed by atoms with van der Waals surface area (Å²) in [5.41, 5.74) is 0.767. The van der Waals surface area contributed by atoms with Crippen LogP contribution in [0.25, 0.3) is 0 Å². The van der Waals surface area contributed by atoms with Gasteiger partial charge in [-0.3, -0.25) is 0 Å². The Kier molecular flexibility index (Phi) is 5.02. The molecule has 0 spiro atoms. The summed E-state index contributed by atoms with van der Waals surface area (Å²) in [5, 5.41) is 0. The third-order valence-electron chi connectivity index (χ3n) is 3.29. The molecule has 0 bridgehead atoms. The Morgan fingerprint density at radius 1 is 1.30 bits per heavy atom. The second-order valence-corrected chi connectivity index (χ2v) is 4.91. The third-order valence-corrected chi connectivity index (χ3v) is 3.29. The largest absolute Gasteiger partial charge is 0.454 e. The maximum atomic E-state index is 12.8. The molecule has 1 unspecified atom stereocenters. The highest BCUT2D eigenvalue weighted by atomic mass is 19.3. The first-order chi connectivity index (χ1) is 10.8. The topological polar surface area (TPSA) is 44.1 Å². The number of carbonyl (C=O) groups is 1. The van der Waals surface area contributed by atoms with Crippen molar-refractivity contribution in [2.24, 2.45) is 0 Å². The number of rotatable bonds is 6. The Labute approximate surface area is 129 Å². The number of aromatic nitrogens is 2. The smallest absolute Gasteiger partial charge is 0.356 e. The third kappa shape index (κ3) is 3.88. The molecule has 0 radical (unpaired) electrons. The van der Waals surface area contributed by atoms with E-state index in [1.165, 1.54) is 10.9 Å². The maximum Gasteiger partial charge on any atom is 0.356 e. The number of alkyl halides is 4. The van der Waals surface area contributed by atoms with Gasteiger partial charge in [0.2, 0.25) is 0 Å².